The van der Waals surface area contributed by atoms with Gasteiger partial charge in [0.1, 0.15) is 0 Å². The molecule has 1 aliphatic rings. The molecule has 27 heavy (non-hydrogen) atoms. The van der Waals surface area contributed by atoms with Gasteiger partial charge in [-0.3, -0.25) is 9.10 Å². The predicted molar refractivity (Wildman–Crippen MR) is 108 cm³/mol. The van der Waals surface area contributed by atoms with Gasteiger partial charge in [0.15, 0.2) is 0 Å². The third-order valence-corrected chi connectivity index (χ3v) is 6.93. The Labute approximate surface area is 158 Å². The van der Waals surface area contributed by atoms with Crippen LogP contribution in [0.4, 0.5) is 11.4 Å². The third kappa shape index (κ3) is 3.19. The van der Waals surface area contributed by atoms with E-state index in [-0.39, 0.29) is 11.7 Å². The molecule has 0 aliphatic carbocycles. The third-order valence-electron chi connectivity index (χ3n) is 5.06. The number of amides is 1. The first-order valence-corrected chi connectivity index (χ1v) is 10.5. The van der Waals surface area contributed by atoms with Crippen LogP contribution in [-0.4, -0.2) is 31.6 Å². The van der Waals surface area contributed by atoms with E-state index in [0.717, 1.165) is 22.2 Å². The molecule has 0 spiro atoms. The van der Waals surface area contributed by atoms with Gasteiger partial charge >= 0.3 is 0 Å². The van der Waals surface area contributed by atoms with Crippen LogP contribution in [0, 0.1) is 13.8 Å². The molecule has 0 radical (unpaired) electrons. The average Bonchev–Trinajstić information content (AvgIpc) is 3.13. The second-order valence-corrected chi connectivity index (χ2v) is 8.89. The summed E-state index contributed by atoms with van der Waals surface area (Å²) in [5.74, 6) is -0.0597. The minimum atomic E-state index is -3.25. The molecule has 6 nitrogen and oxygen atoms in total. The Kier molecular flexibility index (Phi) is 4.19. The smallest absolute Gasteiger partial charge is 0.255 e. The Morgan fingerprint density at radius 1 is 1.15 bits per heavy atom. The number of hydrogen-bond donors (Lipinski definition) is 2. The molecule has 0 bridgehead atoms. The van der Waals surface area contributed by atoms with Crippen molar-refractivity contribution < 1.29 is 13.2 Å². The van der Waals surface area contributed by atoms with Gasteiger partial charge in [-0.25, -0.2) is 8.42 Å². The summed E-state index contributed by atoms with van der Waals surface area (Å²) in [4.78, 5) is 16.0. The Balaban J connectivity index is 1.60. The molecule has 0 saturated carbocycles. The lowest BCUT2D eigenvalue weighted by Crippen LogP contribution is -2.25. The van der Waals surface area contributed by atoms with Crippen molar-refractivity contribution in [2.24, 2.45) is 0 Å². The van der Waals surface area contributed by atoms with E-state index >= 15 is 0 Å². The van der Waals surface area contributed by atoms with E-state index < -0.39 is 10.0 Å². The van der Waals surface area contributed by atoms with Crippen molar-refractivity contribution in [2.75, 3.05) is 21.9 Å². The van der Waals surface area contributed by atoms with E-state index in [2.05, 4.69) is 10.3 Å². The van der Waals surface area contributed by atoms with Crippen LogP contribution in [0.25, 0.3) is 10.9 Å². The van der Waals surface area contributed by atoms with Gasteiger partial charge in [0.2, 0.25) is 10.0 Å². The van der Waals surface area contributed by atoms with Gasteiger partial charge in [-0.05, 0) is 62.2 Å². The predicted octanol–water partition coefficient (Wildman–Crippen LogP) is 3.58. The number of nitrogens with one attached hydrogen (secondary N) is 2. The van der Waals surface area contributed by atoms with Crippen molar-refractivity contribution in [1.29, 1.82) is 0 Å². The second-order valence-electron chi connectivity index (χ2n) is 6.88. The highest BCUT2D eigenvalue weighted by molar-refractivity contribution is 7.93. The Morgan fingerprint density at radius 3 is 2.70 bits per heavy atom. The van der Waals surface area contributed by atoms with Gasteiger partial charge in [0.25, 0.3) is 5.91 Å². The fraction of sp³-hybridized carbons (Fsp3) is 0.250. The molecule has 2 aromatic carbocycles. The van der Waals surface area contributed by atoms with E-state index in [1.165, 1.54) is 4.31 Å². The molecule has 1 amide bonds. The molecular formula is C20H21N3O3S. The Hall–Kier alpha value is -2.80. The minimum Gasteiger partial charge on any atom is -0.358 e. The summed E-state index contributed by atoms with van der Waals surface area (Å²) in [5.41, 5.74) is 4.93. The number of H-pyrrole nitrogens is 1. The molecule has 1 aromatic heterocycles. The first kappa shape index (κ1) is 17.6. The number of rotatable bonds is 3. The number of fused-ring (bicyclic) bond motifs is 1. The van der Waals surface area contributed by atoms with Crippen LogP contribution in [0.1, 0.15) is 28.0 Å². The standard InChI is InChI=1S/C20H21N3O3S/c1-13-14(2)21-19-8-7-15(11-18(13)19)20(24)22-16-5-3-6-17(12-16)23-9-4-10-27(23,25)26/h3,5-8,11-12,21H,4,9-10H2,1-2H3,(H,22,24). The summed E-state index contributed by atoms with van der Waals surface area (Å²) >= 11 is 0. The largest absolute Gasteiger partial charge is 0.358 e. The lowest BCUT2D eigenvalue weighted by molar-refractivity contribution is 0.102. The molecule has 4 rings (SSSR count). The van der Waals surface area contributed by atoms with Crippen LogP contribution in [-0.2, 0) is 10.0 Å². The monoisotopic (exact) mass is 383 g/mol. The molecule has 1 fully saturated rings. The quantitative estimate of drug-likeness (QED) is 0.725. The number of aromatic amines is 1. The van der Waals surface area contributed by atoms with Crippen LogP contribution in [0.2, 0.25) is 0 Å². The highest BCUT2D eigenvalue weighted by Crippen LogP contribution is 2.27. The van der Waals surface area contributed by atoms with Gasteiger partial charge in [0.05, 0.1) is 11.4 Å². The number of sulfonamides is 1. The average molecular weight is 383 g/mol. The maximum Gasteiger partial charge on any atom is 0.255 e. The Bertz CT molecular complexity index is 1150. The fourth-order valence-corrected chi connectivity index (χ4v) is 5.03. The van der Waals surface area contributed by atoms with Crippen LogP contribution in [0.15, 0.2) is 42.5 Å². The topological polar surface area (TPSA) is 82.3 Å². The van der Waals surface area contributed by atoms with Crippen molar-refractivity contribution in [2.45, 2.75) is 20.3 Å². The van der Waals surface area contributed by atoms with Crippen LogP contribution in [0.3, 0.4) is 0 Å². The zero-order chi connectivity index (χ0) is 19.2. The summed E-state index contributed by atoms with van der Waals surface area (Å²) < 4.78 is 25.6. The van der Waals surface area contributed by atoms with Crippen molar-refractivity contribution >= 4 is 38.2 Å². The highest BCUT2D eigenvalue weighted by Gasteiger charge is 2.28. The summed E-state index contributed by atoms with van der Waals surface area (Å²) in [7, 11) is -3.25. The number of benzene rings is 2. The van der Waals surface area contributed by atoms with Crippen molar-refractivity contribution in [3.8, 4) is 0 Å². The first-order valence-electron chi connectivity index (χ1n) is 8.86. The first-order chi connectivity index (χ1) is 12.8. The highest BCUT2D eigenvalue weighted by atomic mass is 32.2. The molecule has 2 heterocycles. The van der Waals surface area contributed by atoms with E-state index in [4.69, 9.17) is 0 Å². The molecule has 1 aliphatic heterocycles. The number of aromatic nitrogens is 1. The minimum absolute atomic E-state index is 0.166. The molecule has 0 atom stereocenters. The lowest BCUT2D eigenvalue weighted by Gasteiger charge is -2.17. The summed E-state index contributed by atoms with van der Waals surface area (Å²) in [5, 5.41) is 3.89. The van der Waals surface area contributed by atoms with Gasteiger partial charge in [-0.15, -0.1) is 0 Å². The molecule has 0 unspecified atom stereocenters. The van der Waals surface area contributed by atoms with Crippen molar-refractivity contribution in [1.82, 2.24) is 4.98 Å². The number of nitrogens with zero attached hydrogens (tertiary/aromatic N) is 1. The number of anilines is 2. The second kappa shape index (κ2) is 6.42. The van der Waals surface area contributed by atoms with Crippen molar-refractivity contribution in [3.63, 3.8) is 0 Å². The van der Waals surface area contributed by atoms with E-state index in [1.54, 1.807) is 30.3 Å². The zero-order valence-electron chi connectivity index (χ0n) is 15.2. The number of hydrogen-bond acceptors (Lipinski definition) is 3. The van der Waals surface area contributed by atoms with Crippen LogP contribution < -0.4 is 9.62 Å². The fourth-order valence-electron chi connectivity index (χ4n) is 3.47. The molecule has 3 aromatic rings. The number of carbonyl (C=O) groups is 1. The maximum absolute atomic E-state index is 12.7. The van der Waals surface area contributed by atoms with Gasteiger partial charge < -0.3 is 10.3 Å². The molecule has 2 N–H and O–H groups in total. The Morgan fingerprint density at radius 2 is 1.96 bits per heavy atom. The maximum atomic E-state index is 12.7. The van der Waals surface area contributed by atoms with E-state index in [1.807, 2.05) is 26.0 Å². The molecular weight excluding hydrogens is 362 g/mol. The summed E-state index contributed by atoms with van der Waals surface area (Å²) in [6.45, 7) is 4.51. The molecule has 1 saturated heterocycles. The molecule has 7 heteroatoms. The normalized spacial score (nSPS) is 16.0. The van der Waals surface area contributed by atoms with E-state index in [0.29, 0.717) is 29.9 Å². The lowest BCUT2D eigenvalue weighted by atomic mass is 10.1. The number of aryl methyl sites for hydroxylation is 2. The summed E-state index contributed by atoms with van der Waals surface area (Å²) in [6.07, 6.45) is 0.619. The molecule has 140 valence electrons. The van der Waals surface area contributed by atoms with Gasteiger partial charge in [-0.2, -0.15) is 0 Å². The van der Waals surface area contributed by atoms with Gasteiger partial charge in [0, 0.05) is 34.4 Å². The van der Waals surface area contributed by atoms with Crippen molar-refractivity contribution in [3.05, 3.63) is 59.3 Å². The zero-order valence-corrected chi connectivity index (χ0v) is 16.1. The summed E-state index contributed by atoms with van der Waals surface area (Å²) in [6, 6.07) is 12.5. The van der Waals surface area contributed by atoms with Gasteiger partial charge in [-0.1, -0.05) is 6.07 Å². The van der Waals surface area contributed by atoms with Crippen LogP contribution in [0.5, 0.6) is 0 Å². The van der Waals surface area contributed by atoms with E-state index in [9.17, 15) is 13.2 Å². The van der Waals surface area contributed by atoms with Crippen LogP contribution >= 0.6 is 0 Å². The SMILES string of the molecule is Cc1[nH]c2ccc(C(=O)Nc3cccc(N4CCCS4(=O)=O)c3)cc2c1C. The number of carbonyl (C=O) groups excluding carboxylic acids is 1.